The van der Waals surface area contributed by atoms with Crippen LogP contribution in [0, 0.1) is 11.8 Å². The second-order valence-corrected chi connectivity index (χ2v) is 7.97. The molecule has 176 valence electrons. The quantitative estimate of drug-likeness (QED) is 0.208. The van der Waals surface area contributed by atoms with Crippen molar-refractivity contribution in [3.05, 3.63) is 23.3 Å². The molecule has 31 heavy (non-hydrogen) atoms. The minimum atomic E-state index is -3.64. The first kappa shape index (κ1) is 25.4. The molecule has 1 unspecified atom stereocenters. The fraction of sp³-hybridized carbons (Fsp3) is 0.632. The number of nitrogens with one attached hydrogen (secondary N) is 1. The van der Waals surface area contributed by atoms with E-state index in [-0.39, 0.29) is 38.1 Å². The van der Waals surface area contributed by atoms with Crippen LogP contribution in [0.2, 0.25) is 0 Å². The number of rotatable bonds is 6. The molecule has 1 aromatic carbocycles. The first-order valence-corrected chi connectivity index (χ1v) is 9.68. The molecule has 0 radical (unpaired) electrons. The van der Waals surface area contributed by atoms with Gasteiger partial charge in [-0.25, -0.2) is 0 Å². The highest BCUT2D eigenvalue weighted by molar-refractivity contribution is 5.82. The molecule has 0 aromatic heterocycles. The molecule has 0 spiro atoms. The lowest BCUT2D eigenvalue weighted by atomic mass is 9.85. The van der Waals surface area contributed by atoms with E-state index in [9.17, 15) is 15.0 Å². The number of carbonyl (C=O) groups excluding carboxylic acids is 1. The first-order chi connectivity index (χ1) is 14.1. The maximum Gasteiger partial charge on any atom is 0.453 e. The molecule has 0 fully saturated rings. The molecular weight excluding hydrogens is 418 g/mol. The molecule has 0 aliphatic carbocycles. The van der Waals surface area contributed by atoms with Crippen molar-refractivity contribution in [2.45, 2.75) is 57.8 Å². The van der Waals surface area contributed by atoms with Crippen molar-refractivity contribution in [3.63, 3.8) is 0 Å². The van der Waals surface area contributed by atoms with E-state index in [2.05, 4.69) is 14.8 Å². The number of aliphatic hydroxyl groups is 8. The number of Topliss-reactive ketones (excluding diaryl/α,β-unsaturated/α-hetero) is 1. The smallest absolute Gasteiger partial charge is 0.413 e. The van der Waals surface area contributed by atoms with Gasteiger partial charge in [0.05, 0.1) is 5.92 Å². The van der Waals surface area contributed by atoms with E-state index >= 15 is 0 Å². The van der Waals surface area contributed by atoms with Crippen LogP contribution in [-0.2, 0) is 17.6 Å². The van der Waals surface area contributed by atoms with Crippen molar-refractivity contribution < 1.29 is 55.1 Å². The van der Waals surface area contributed by atoms with Crippen LogP contribution in [0.4, 0.5) is 0 Å². The van der Waals surface area contributed by atoms with Crippen molar-refractivity contribution in [1.82, 2.24) is 5.32 Å². The normalized spacial score (nSPS) is 20.4. The topological polar surface area (TPSA) is 209 Å². The summed E-state index contributed by atoms with van der Waals surface area (Å²) in [6.45, 7) is 3.68. The van der Waals surface area contributed by atoms with Gasteiger partial charge in [-0.1, -0.05) is 13.8 Å². The summed E-state index contributed by atoms with van der Waals surface area (Å²) in [6, 6.07) is 2.33. The summed E-state index contributed by atoms with van der Waals surface area (Å²) >= 11 is 0. The van der Waals surface area contributed by atoms with Crippen LogP contribution in [0.25, 0.3) is 0 Å². The molecule has 0 bridgehead atoms. The summed E-state index contributed by atoms with van der Waals surface area (Å²) in [5.74, 6) is -5.04. The minimum absolute atomic E-state index is 0.00598. The maximum atomic E-state index is 12.7. The van der Waals surface area contributed by atoms with Gasteiger partial charge >= 0.3 is 12.3 Å². The van der Waals surface area contributed by atoms with Crippen LogP contribution in [0.15, 0.2) is 12.1 Å². The lowest BCUT2D eigenvalue weighted by Crippen LogP contribution is -2.55. The van der Waals surface area contributed by atoms with Crippen LogP contribution in [0.1, 0.15) is 37.8 Å². The monoisotopic (exact) mass is 447 g/mol. The summed E-state index contributed by atoms with van der Waals surface area (Å²) in [7, 11) is 0. The second-order valence-electron chi connectivity index (χ2n) is 7.97. The van der Waals surface area contributed by atoms with E-state index in [4.69, 9.17) is 30.6 Å². The van der Waals surface area contributed by atoms with Crippen molar-refractivity contribution in [2.24, 2.45) is 11.8 Å². The summed E-state index contributed by atoms with van der Waals surface area (Å²) in [6.07, 6.45) is -6.91. The molecular formula is C19H29NO11. The molecule has 0 amide bonds. The number of hydrogen-bond acceptors (Lipinski definition) is 12. The Bertz CT molecular complexity index is 780. The predicted molar refractivity (Wildman–Crippen MR) is 102 cm³/mol. The molecule has 1 atom stereocenters. The maximum absolute atomic E-state index is 12.7. The van der Waals surface area contributed by atoms with Gasteiger partial charge in [0.25, 0.3) is 0 Å². The fourth-order valence-corrected chi connectivity index (χ4v) is 3.49. The summed E-state index contributed by atoms with van der Waals surface area (Å²) in [5.41, 5.74) is 0.886. The fourth-order valence-electron chi connectivity index (χ4n) is 3.49. The number of fused-ring (bicyclic) bond motifs is 1. The van der Waals surface area contributed by atoms with E-state index in [1.54, 1.807) is 0 Å². The Morgan fingerprint density at radius 1 is 0.968 bits per heavy atom. The number of hydrogen-bond donors (Lipinski definition) is 9. The van der Waals surface area contributed by atoms with Crippen molar-refractivity contribution in [3.8, 4) is 11.5 Å². The standard InChI is InChI=1S/C19H29NO11/c1-10(2)7-13-14(21)4-3-11-8-15(30-18(24,25)26)16(31-19(27,28)29)9-12(11)5-6-20-17(13,22)23/h8-10,13,20,22-29H,3-7H2,1-2H3. The lowest BCUT2D eigenvalue weighted by Gasteiger charge is -2.33. The summed E-state index contributed by atoms with van der Waals surface area (Å²) in [5, 5.41) is 78.0. The van der Waals surface area contributed by atoms with Gasteiger partial charge in [-0.15, -0.1) is 0 Å². The van der Waals surface area contributed by atoms with Crippen LogP contribution in [0.5, 0.6) is 11.5 Å². The molecule has 12 heteroatoms. The number of carbonyl (C=O) groups is 1. The molecule has 12 nitrogen and oxygen atoms in total. The second kappa shape index (κ2) is 9.32. The Labute approximate surface area is 177 Å². The predicted octanol–water partition coefficient (Wildman–Crippen LogP) is -2.43. The zero-order valence-electron chi connectivity index (χ0n) is 17.1. The van der Waals surface area contributed by atoms with Gasteiger partial charge in [-0.2, -0.15) is 0 Å². The van der Waals surface area contributed by atoms with Crippen LogP contribution in [0.3, 0.4) is 0 Å². The molecule has 2 rings (SSSR count). The van der Waals surface area contributed by atoms with Gasteiger partial charge in [-0.3, -0.25) is 10.1 Å². The van der Waals surface area contributed by atoms with Gasteiger partial charge in [0.15, 0.2) is 11.5 Å². The Kier molecular flexibility index (Phi) is 7.63. The average molecular weight is 447 g/mol. The zero-order chi connectivity index (χ0) is 23.6. The molecule has 0 saturated carbocycles. The highest BCUT2D eigenvalue weighted by Gasteiger charge is 2.40. The third-order valence-corrected chi connectivity index (χ3v) is 4.76. The van der Waals surface area contributed by atoms with Gasteiger partial charge < -0.3 is 50.3 Å². The molecule has 9 N–H and O–H groups in total. The van der Waals surface area contributed by atoms with Crippen molar-refractivity contribution in [2.75, 3.05) is 6.54 Å². The Morgan fingerprint density at radius 3 is 1.90 bits per heavy atom. The third-order valence-electron chi connectivity index (χ3n) is 4.76. The van der Waals surface area contributed by atoms with Gasteiger partial charge in [-0.05, 0) is 48.4 Å². The molecule has 0 saturated heterocycles. The van der Waals surface area contributed by atoms with Gasteiger partial charge in [0.2, 0.25) is 5.91 Å². The largest absolute Gasteiger partial charge is 0.453 e. The number of ketones is 1. The summed E-state index contributed by atoms with van der Waals surface area (Å²) in [4.78, 5) is 12.7. The lowest BCUT2D eigenvalue weighted by molar-refractivity contribution is -0.428. The van der Waals surface area contributed by atoms with E-state index in [0.717, 1.165) is 6.07 Å². The van der Waals surface area contributed by atoms with Crippen molar-refractivity contribution >= 4 is 5.78 Å². The Morgan fingerprint density at radius 2 is 1.45 bits per heavy atom. The van der Waals surface area contributed by atoms with Crippen molar-refractivity contribution in [1.29, 1.82) is 0 Å². The van der Waals surface area contributed by atoms with Gasteiger partial charge in [0, 0.05) is 13.0 Å². The van der Waals surface area contributed by atoms with Crippen LogP contribution in [-0.4, -0.2) is 71.4 Å². The Balaban J connectivity index is 2.44. The van der Waals surface area contributed by atoms with Crippen LogP contribution < -0.4 is 14.8 Å². The van der Waals surface area contributed by atoms with E-state index in [1.165, 1.54) is 6.07 Å². The molecule has 1 heterocycles. The van der Waals surface area contributed by atoms with Gasteiger partial charge in [0.1, 0.15) is 5.78 Å². The number of ether oxygens (including phenoxy) is 2. The number of aryl methyl sites for hydroxylation is 1. The molecule has 1 aromatic rings. The number of benzene rings is 1. The van der Waals surface area contributed by atoms with E-state index < -0.39 is 41.4 Å². The highest BCUT2D eigenvalue weighted by atomic mass is 16.9. The minimum Gasteiger partial charge on any atom is -0.413 e. The third kappa shape index (κ3) is 7.64. The van der Waals surface area contributed by atoms with E-state index in [0.29, 0.717) is 11.1 Å². The van der Waals surface area contributed by atoms with Crippen LogP contribution >= 0.6 is 0 Å². The molecule has 1 aliphatic heterocycles. The first-order valence-electron chi connectivity index (χ1n) is 9.68. The average Bonchev–Trinajstić information content (AvgIpc) is 2.56. The molecule has 1 aliphatic rings. The summed E-state index contributed by atoms with van der Waals surface area (Å²) < 4.78 is 9.05. The SMILES string of the molecule is CC(C)CC1C(=O)CCc2cc(OC(O)(O)O)c(OC(O)(O)O)cc2CCNC1(O)O. The zero-order valence-corrected chi connectivity index (χ0v) is 17.1. The van der Waals surface area contributed by atoms with E-state index in [1.807, 2.05) is 13.8 Å². The Hall–Kier alpha value is -1.87. The highest BCUT2D eigenvalue weighted by Crippen LogP contribution is 2.35.